The lowest BCUT2D eigenvalue weighted by Crippen LogP contribution is -2.12. The van der Waals surface area contributed by atoms with Crippen LogP contribution in [0.4, 0.5) is 5.95 Å². The number of para-hydroxylation sites is 1. The van der Waals surface area contributed by atoms with Gasteiger partial charge in [-0.15, -0.1) is 0 Å². The number of imidazole rings is 2. The number of ether oxygens (including phenoxy) is 2. The molecular formula is C36H41N5O3. The van der Waals surface area contributed by atoms with Gasteiger partial charge in [-0.2, -0.15) is 0 Å². The number of hydrogen-bond donors (Lipinski definition) is 1. The van der Waals surface area contributed by atoms with Gasteiger partial charge in [-0.3, -0.25) is 0 Å². The highest BCUT2D eigenvalue weighted by Crippen LogP contribution is 2.34. The molecule has 0 fully saturated rings. The van der Waals surface area contributed by atoms with Crippen molar-refractivity contribution in [3.63, 3.8) is 0 Å². The quantitative estimate of drug-likeness (QED) is 0.0872. The number of nitrogens with one attached hydrogen (secondary N) is 1. The van der Waals surface area contributed by atoms with E-state index < -0.39 is 0 Å². The lowest BCUT2D eigenvalue weighted by Gasteiger charge is -2.17. The second-order valence-electron chi connectivity index (χ2n) is 11.4. The van der Waals surface area contributed by atoms with E-state index in [1.54, 1.807) is 7.11 Å². The summed E-state index contributed by atoms with van der Waals surface area (Å²) in [6, 6.07) is 22.4. The second kappa shape index (κ2) is 13.9. The molecular weight excluding hydrogens is 550 g/mol. The van der Waals surface area contributed by atoms with E-state index in [2.05, 4.69) is 69.1 Å². The summed E-state index contributed by atoms with van der Waals surface area (Å²) in [5.74, 6) is 1.37. The van der Waals surface area contributed by atoms with Gasteiger partial charge >= 0.3 is 5.97 Å². The molecule has 8 heteroatoms. The molecule has 0 amide bonds. The molecule has 0 spiro atoms. The zero-order valence-electron chi connectivity index (χ0n) is 25.7. The summed E-state index contributed by atoms with van der Waals surface area (Å²) in [5, 5.41) is 3.66. The first-order valence-corrected chi connectivity index (χ1v) is 15.7. The maximum atomic E-state index is 12.3. The molecule has 2 heterocycles. The number of carbonyl (C=O) groups is 1. The van der Waals surface area contributed by atoms with Crippen molar-refractivity contribution >= 4 is 34.0 Å². The number of aryl methyl sites for hydroxylation is 2. The average molecular weight is 592 g/mol. The van der Waals surface area contributed by atoms with Crippen molar-refractivity contribution in [2.75, 3.05) is 32.7 Å². The molecule has 1 N–H and O–H groups in total. The molecule has 0 atom stereocenters. The molecule has 1 aliphatic rings. The molecule has 3 aromatic carbocycles. The molecule has 1 aliphatic carbocycles. The first kappa shape index (κ1) is 29.6. The van der Waals surface area contributed by atoms with Gasteiger partial charge in [0.2, 0.25) is 5.95 Å². The van der Waals surface area contributed by atoms with Crippen LogP contribution in [-0.2, 0) is 29.0 Å². The second-order valence-corrected chi connectivity index (χ2v) is 11.4. The predicted molar refractivity (Wildman–Crippen MR) is 176 cm³/mol. The molecule has 228 valence electrons. The van der Waals surface area contributed by atoms with Crippen LogP contribution in [0.15, 0.2) is 78.4 Å². The fraction of sp³-hybridized carbons (Fsp3) is 0.361. The highest BCUT2D eigenvalue weighted by molar-refractivity contribution is 5.97. The number of rotatable bonds is 13. The van der Waals surface area contributed by atoms with Crippen molar-refractivity contribution in [2.24, 2.45) is 0 Å². The van der Waals surface area contributed by atoms with E-state index in [0.29, 0.717) is 12.2 Å². The van der Waals surface area contributed by atoms with Crippen molar-refractivity contribution in [3.05, 3.63) is 89.5 Å². The van der Waals surface area contributed by atoms with Crippen LogP contribution in [0.5, 0.6) is 0 Å². The number of allylic oxidation sites excluding steroid dienone is 2. The number of nitrogens with zero attached hydrogens (tertiary/aromatic N) is 4. The highest BCUT2D eigenvalue weighted by Gasteiger charge is 2.21. The van der Waals surface area contributed by atoms with Gasteiger partial charge in [-0.1, -0.05) is 48.0 Å². The number of benzene rings is 3. The molecule has 0 saturated carbocycles. The van der Waals surface area contributed by atoms with E-state index in [4.69, 9.17) is 19.4 Å². The summed E-state index contributed by atoms with van der Waals surface area (Å²) in [6.45, 7) is 3.00. The summed E-state index contributed by atoms with van der Waals surface area (Å²) >= 11 is 0. The van der Waals surface area contributed by atoms with Crippen LogP contribution in [0.2, 0.25) is 0 Å². The van der Waals surface area contributed by atoms with E-state index >= 15 is 0 Å². The van der Waals surface area contributed by atoms with Crippen molar-refractivity contribution < 1.29 is 14.3 Å². The lowest BCUT2D eigenvalue weighted by atomic mass is 9.97. The number of esters is 1. The van der Waals surface area contributed by atoms with Crippen LogP contribution in [0.25, 0.3) is 33.5 Å². The van der Waals surface area contributed by atoms with Gasteiger partial charge in [-0.25, -0.2) is 14.8 Å². The molecule has 8 nitrogen and oxygen atoms in total. The summed E-state index contributed by atoms with van der Waals surface area (Å²) in [7, 11) is 3.13. The Balaban J connectivity index is 1.44. The van der Waals surface area contributed by atoms with E-state index in [1.807, 2.05) is 18.2 Å². The standard InChI is InChI=1S/C36H41N5O3/c1-43-24-10-22-40-32-18-17-28(35(42)44-2)25-31(32)38-34(40)29-15-9-16-30-33(29)41(23-20-27-13-7-4-8-14-27)36(39-30)37-21-19-26-11-5-3-6-12-26/h3,5-6,9,11-13,15-18,25H,4,7-8,10,14,19-24H2,1-2H3,(H,37,39). The number of anilines is 1. The molecule has 0 bridgehead atoms. The minimum absolute atomic E-state index is 0.370. The first-order valence-electron chi connectivity index (χ1n) is 15.7. The first-order chi connectivity index (χ1) is 21.7. The van der Waals surface area contributed by atoms with Gasteiger partial charge < -0.3 is 23.9 Å². The molecule has 0 radical (unpaired) electrons. The number of methoxy groups -OCH3 is 2. The normalized spacial score (nSPS) is 13.4. The molecule has 0 saturated heterocycles. The molecule has 44 heavy (non-hydrogen) atoms. The smallest absolute Gasteiger partial charge is 0.337 e. The van der Waals surface area contributed by atoms with Gasteiger partial charge in [0.25, 0.3) is 0 Å². The SMILES string of the molecule is COCCCn1c(-c2cccc3nc(NCCc4ccccc4)n(CCC4=CCCCC4)c23)nc2cc(C(=O)OC)ccc21. The topological polar surface area (TPSA) is 83.2 Å². The number of hydrogen-bond acceptors (Lipinski definition) is 6. The highest BCUT2D eigenvalue weighted by atomic mass is 16.5. The predicted octanol–water partition coefficient (Wildman–Crippen LogP) is 7.42. The van der Waals surface area contributed by atoms with Crippen molar-refractivity contribution in [1.29, 1.82) is 0 Å². The number of aromatic nitrogens is 4. The minimum Gasteiger partial charge on any atom is -0.465 e. The van der Waals surface area contributed by atoms with E-state index in [-0.39, 0.29) is 5.97 Å². The Morgan fingerprint density at radius 3 is 2.59 bits per heavy atom. The van der Waals surface area contributed by atoms with Crippen molar-refractivity contribution in [3.8, 4) is 11.4 Å². The molecule has 5 aromatic rings. The molecule has 6 rings (SSSR count). The van der Waals surface area contributed by atoms with Crippen molar-refractivity contribution in [2.45, 2.75) is 58.0 Å². The zero-order chi connectivity index (χ0) is 30.3. The fourth-order valence-corrected chi connectivity index (χ4v) is 6.24. The Labute approximate surface area is 258 Å². The Morgan fingerprint density at radius 1 is 0.909 bits per heavy atom. The van der Waals surface area contributed by atoms with Gasteiger partial charge in [0.05, 0.1) is 34.7 Å². The van der Waals surface area contributed by atoms with Gasteiger partial charge in [0, 0.05) is 38.9 Å². The van der Waals surface area contributed by atoms with Crippen LogP contribution in [0.1, 0.15) is 54.4 Å². The Morgan fingerprint density at radius 2 is 1.80 bits per heavy atom. The van der Waals surface area contributed by atoms with Crippen LogP contribution in [0, 0.1) is 0 Å². The third kappa shape index (κ3) is 6.40. The zero-order valence-corrected chi connectivity index (χ0v) is 25.7. The van der Waals surface area contributed by atoms with Crippen LogP contribution < -0.4 is 5.32 Å². The Kier molecular flexibility index (Phi) is 9.37. The maximum Gasteiger partial charge on any atom is 0.337 e. The van der Waals surface area contributed by atoms with E-state index in [0.717, 1.165) is 78.3 Å². The van der Waals surface area contributed by atoms with E-state index in [1.165, 1.54) is 43.9 Å². The van der Waals surface area contributed by atoms with Crippen molar-refractivity contribution in [1.82, 2.24) is 19.1 Å². The molecule has 0 unspecified atom stereocenters. The van der Waals surface area contributed by atoms with Gasteiger partial charge in [0.1, 0.15) is 5.82 Å². The summed E-state index contributed by atoms with van der Waals surface area (Å²) in [4.78, 5) is 22.6. The fourth-order valence-electron chi connectivity index (χ4n) is 6.24. The summed E-state index contributed by atoms with van der Waals surface area (Å²) in [5.41, 5.74) is 8.09. The minimum atomic E-state index is -0.370. The van der Waals surface area contributed by atoms with Gasteiger partial charge in [-0.05, 0) is 80.8 Å². The van der Waals surface area contributed by atoms with Crippen LogP contribution >= 0.6 is 0 Å². The van der Waals surface area contributed by atoms with Crippen LogP contribution in [-0.4, -0.2) is 52.4 Å². The summed E-state index contributed by atoms with van der Waals surface area (Å²) in [6.07, 6.45) is 10.1. The average Bonchev–Trinajstić information content (AvgIpc) is 3.61. The lowest BCUT2D eigenvalue weighted by molar-refractivity contribution is 0.0601. The van der Waals surface area contributed by atoms with Crippen LogP contribution in [0.3, 0.4) is 0 Å². The molecule has 2 aromatic heterocycles. The Hall–Kier alpha value is -4.43. The number of fused-ring (bicyclic) bond motifs is 2. The molecule has 0 aliphatic heterocycles. The Bertz CT molecular complexity index is 1770. The monoisotopic (exact) mass is 591 g/mol. The third-order valence-corrected chi connectivity index (χ3v) is 8.49. The third-order valence-electron chi connectivity index (χ3n) is 8.49. The summed E-state index contributed by atoms with van der Waals surface area (Å²) < 4.78 is 15.0. The van der Waals surface area contributed by atoms with E-state index in [9.17, 15) is 4.79 Å². The van der Waals surface area contributed by atoms with Gasteiger partial charge in [0.15, 0.2) is 0 Å². The number of carbonyl (C=O) groups excluding carboxylic acids is 1. The maximum absolute atomic E-state index is 12.3. The largest absolute Gasteiger partial charge is 0.465 e.